The number of hydrogen-bond donors (Lipinski definition) is 1. The van der Waals surface area contributed by atoms with E-state index in [4.69, 9.17) is 4.74 Å². The third kappa shape index (κ3) is 5.92. The van der Waals surface area contributed by atoms with E-state index in [1.807, 2.05) is 24.0 Å². The summed E-state index contributed by atoms with van der Waals surface area (Å²) in [5.41, 5.74) is 1.36. The molecule has 4 rings (SSSR count). The fourth-order valence-corrected chi connectivity index (χ4v) is 5.13. The summed E-state index contributed by atoms with van der Waals surface area (Å²) >= 11 is 0. The lowest BCUT2D eigenvalue weighted by molar-refractivity contribution is -0.135. The summed E-state index contributed by atoms with van der Waals surface area (Å²) < 4.78 is 5.07. The number of nitrogens with zero attached hydrogens (tertiary/aromatic N) is 3. The molecule has 7 nitrogen and oxygen atoms in total. The second-order valence-electron chi connectivity index (χ2n) is 10.4. The molecule has 2 heterocycles. The van der Waals surface area contributed by atoms with Gasteiger partial charge in [0, 0.05) is 44.2 Å². The van der Waals surface area contributed by atoms with E-state index in [2.05, 4.69) is 28.9 Å². The number of piperazine rings is 1. The molecule has 1 atom stereocenters. The first-order valence-electron chi connectivity index (χ1n) is 12.5. The molecule has 0 radical (unpaired) electrons. The van der Waals surface area contributed by atoms with Crippen molar-refractivity contribution in [2.75, 3.05) is 45.9 Å². The molecular weight excluding hydrogens is 430 g/mol. The highest BCUT2D eigenvalue weighted by Crippen LogP contribution is 2.60. The van der Waals surface area contributed by atoms with Crippen LogP contribution >= 0.6 is 0 Å². The highest BCUT2D eigenvalue weighted by Gasteiger charge is 2.59. The van der Waals surface area contributed by atoms with Crippen LogP contribution in [0.5, 0.6) is 0 Å². The van der Waals surface area contributed by atoms with Crippen molar-refractivity contribution in [2.24, 2.45) is 11.3 Å². The van der Waals surface area contributed by atoms with Crippen LogP contribution in [0, 0.1) is 23.2 Å². The maximum atomic E-state index is 13.1. The first-order valence-corrected chi connectivity index (χ1v) is 12.5. The van der Waals surface area contributed by atoms with Crippen molar-refractivity contribution in [3.8, 4) is 11.8 Å². The fourth-order valence-electron chi connectivity index (χ4n) is 5.13. The Balaban J connectivity index is 1.22. The first kappa shape index (κ1) is 24.6. The number of carbonyl (C=O) groups excluding carboxylic acids is 2. The van der Waals surface area contributed by atoms with Crippen molar-refractivity contribution in [3.05, 3.63) is 35.4 Å². The molecule has 1 aromatic rings. The van der Waals surface area contributed by atoms with Crippen molar-refractivity contribution in [1.29, 1.82) is 0 Å². The molecule has 184 valence electrons. The summed E-state index contributed by atoms with van der Waals surface area (Å²) in [6, 6.07) is 8.24. The Morgan fingerprint density at radius 2 is 1.68 bits per heavy atom. The third-order valence-electron chi connectivity index (χ3n) is 7.33. The summed E-state index contributed by atoms with van der Waals surface area (Å²) in [4.78, 5) is 31.1. The second kappa shape index (κ2) is 9.97. The summed E-state index contributed by atoms with van der Waals surface area (Å²) in [6.45, 7) is 10.8. The lowest BCUT2D eigenvalue weighted by Crippen LogP contribution is -2.51. The highest BCUT2D eigenvalue weighted by molar-refractivity contribution is 5.83. The van der Waals surface area contributed by atoms with Gasteiger partial charge in [0.05, 0.1) is 6.61 Å². The second-order valence-corrected chi connectivity index (χ2v) is 10.4. The van der Waals surface area contributed by atoms with E-state index in [9.17, 15) is 14.7 Å². The zero-order valence-corrected chi connectivity index (χ0v) is 20.7. The Morgan fingerprint density at radius 1 is 1.06 bits per heavy atom. The zero-order chi connectivity index (χ0) is 24.3. The Bertz CT molecular complexity index is 941. The molecular formula is C27H37N3O4. The van der Waals surface area contributed by atoms with Gasteiger partial charge in [-0.25, -0.2) is 4.79 Å². The van der Waals surface area contributed by atoms with Gasteiger partial charge in [0.25, 0.3) is 0 Å². The molecule has 1 aromatic carbocycles. The van der Waals surface area contributed by atoms with Crippen LogP contribution in [0.3, 0.4) is 0 Å². The maximum absolute atomic E-state index is 13.1. The van der Waals surface area contributed by atoms with Crippen LogP contribution < -0.4 is 0 Å². The quantitative estimate of drug-likeness (QED) is 0.690. The molecule has 7 heteroatoms. The number of likely N-dealkylation sites (tertiary alicyclic amines) is 1. The van der Waals surface area contributed by atoms with E-state index in [1.54, 1.807) is 18.7 Å². The summed E-state index contributed by atoms with van der Waals surface area (Å²) in [6.07, 6.45) is 2.87. The number of ether oxygens (including phenoxy) is 1. The standard InChI is InChI=1S/C27H37N3O4/c1-4-34-25(32)30-17-15-29(16-18-30)24(31)23-19-27(23)11-13-28(14-12-27)20-22-7-5-21(6-8-22)9-10-26(2,3)33/h5-8,23,33H,4,11-20H2,1-3H3/t23-/m1/s1. The van der Waals surface area contributed by atoms with Crippen LogP contribution in [-0.2, 0) is 16.1 Å². The monoisotopic (exact) mass is 467 g/mol. The number of aliphatic hydroxyl groups is 1. The normalized spacial score (nSPS) is 22.2. The molecule has 2 saturated heterocycles. The minimum atomic E-state index is -0.985. The third-order valence-corrected chi connectivity index (χ3v) is 7.33. The highest BCUT2D eigenvalue weighted by atomic mass is 16.6. The van der Waals surface area contributed by atoms with Gasteiger partial charge in [-0.3, -0.25) is 9.69 Å². The predicted molar refractivity (Wildman–Crippen MR) is 130 cm³/mol. The maximum Gasteiger partial charge on any atom is 0.409 e. The number of piperidine rings is 1. The Kier molecular flexibility index (Phi) is 7.20. The molecule has 0 bridgehead atoms. The molecule has 1 aliphatic carbocycles. The Hall–Kier alpha value is -2.56. The van der Waals surface area contributed by atoms with Crippen LogP contribution in [-0.4, -0.2) is 83.3 Å². The smallest absolute Gasteiger partial charge is 0.409 e. The number of hydrogen-bond acceptors (Lipinski definition) is 5. The fraction of sp³-hybridized carbons (Fsp3) is 0.630. The first-order chi connectivity index (χ1) is 16.2. The minimum Gasteiger partial charge on any atom is -0.450 e. The van der Waals surface area contributed by atoms with Gasteiger partial charge in [-0.15, -0.1) is 0 Å². The topological polar surface area (TPSA) is 73.3 Å². The van der Waals surface area contributed by atoms with Gasteiger partial charge >= 0.3 is 6.09 Å². The van der Waals surface area contributed by atoms with E-state index in [1.165, 1.54) is 5.56 Å². The van der Waals surface area contributed by atoms with Crippen LogP contribution in [0.15, 0.2) is 24.3 Å². The zero-order valence-electron chi connectivity index (χ0n) is 20.7. The SMILES string of the molecule is CCOC(=O)N1CCN(C(=O)[C@H]2CC23CCN(Cc2ccc(C#CC(C)(C)O)cc2)CC3)CC1. The molecule has 1 N–H and O–H groups in total. The molecule has 2 aliphatic heterocycles. The minimum absolute atomic E-state index is 0.150. The van der Waals surface area contributed by atoms with E-state index in [0.717, 1.165) is 44.5 Å². The van der Waals surface area contributed by atoms with E-state index < -0.39 is 5.60 Å². The molecule has 2 amide bonds. The summed E-state index contributed by atoms with van der Waals surface area (Å²) in [5.74, 6) is 6.29. The van der Waals surface area contributed by atoms with Gasteiger partial charge in [0.1, 0.15) is 5.60 Å². The number of amides is 2. The Morgan fingerprint density at radius 3 is 2.26 bits per heavy atom. The lowest BCUT2D eigenvalue weighted by atomic mass is 9.90. The average Bonchev–Trinajstić information content (AvgIpc) is 3.53. The molecule has 3 aliphatic rings. The number of benzene rings is 1. The van der Waals surface area contributed by atoms with Crippen molar-refractivity contribution in [2.45, 2.75) is 52.2 Å². The van der Waals surface area contributed by atoms with Crippen LogP contribution in [0.25, 0.3) is 0 Å². The van der Waals surface area contributed by atoms with E-state index >= 15 is 0 Å². The van der Waals surface area contributed by atoms with Crippen molar-refractivity contribution >= 4 is 12.0 Å². The van der Waals surface area contributed by atoms with Gasteiger partial charge in [0.15, 0.2) is 0 Å². The molecule has 0 unspecified atom stereocenters. The van der Waals surface area contributed by atoms with E-state index in [0.29, 0.717) is 32.8 Å². The molecule has 3 fully saturated rings. The largest absolute Gasteiger partial charge is 0.450 e. The van der Waals surface area contributed by atoms with Gasteiger partial charge in [-0.05, 0) is 76.2 Å². The molecule has 0 aromatic heterocycles. The van der Waals surface area contributed by atoms with Crippen LogP contribution in [0.1, 0.15) is 51.2 Å². The Labute approximate surface area is 203 Å². The van der Waals surface area contributed by atoms with Crippen molar-refractivity contribution in [3.63, 3.8) is 0 Å². The molecule has 34 heavy (non-hydrogen) atoms. The predicted octanol–water partition coefficient (Wildman–Crippen LogP) is 2.71. The molecule has 1 spiro atoms. The van der Waals surface area contributed by atoms with Gasteiger partial charge in [-0.1, -0.05) is 24.0 Å². The van der Waals surface area contributed by atoms with Crippen molar-refractivity contribution in [1.82, 2.24) is 14.7 Å². The van der Waals surface area contributed by atoms with Crippen molar-refractivity contribution < 1.29 is 19.4 Å². The summed E-state index contributed by atoms with van der Waals surface area (Å²) in [5, 5.41) is 9.75. The van der Waals surface area contributed by atoms with E-state index in [-0.39, 0.29) is 23.3 Å². The van der Waals surface area contributed by atoms with Gasteiger partial charge in [-0.2, -0.15) is 0 Å². The average molecular weight is 468 g/mol. The summed E-state index contributed by atoms with van der Waals surface area (Å²) in [7, 11) is 0. The van der Waals surface area contributed by atoms with Crippen LogP contribution in [0.4, 0.5) is 4.79 Å². The number of rotatable bonds is 4. The lowest BCUT2D eigenvalue weighted by Gasteiger charge is -2.36. The van der Waals surface area contributed by atoms with Gasteiger partial charge < -0.3 is 19.6 Å². The molecule has 1 saturated carbocycles. The number of carbonyl (C=O) groups is 2. The van der Waals surface area contributed by atoms with Gasteiger partial charge in [0.2, 0.25) is 5.91 Å². The van der Waals surface area contributed by atoms with Crippen LogP contribution in [0.2, 0.25) is 0 Å².